The first-order chi connectivity index (χ1) is 15.9. The number of amides is 1. The maximum Gasteiger partial charge on any atom is 0.293 e. The third-order valence-electron chi connectivity index (χ3n) is 5.00. The van der Waals surface area contributed by atoms with E-state index in [1.54, 1.807) is 33.8 Å². The summed E-state index contributed by atoms with van der Waals surface area (Å²) in [5.41, 5.74) is 1.41. The number of rotatable bonds is 8. The summed E-state index contributed by atoms with van der Waals surface area (Å²) < 4.78 is 28.4. The van der Waals surface area contributed by atoms with Crippen molar-refractivity contribution in [2.75, 3.05) is 27.2 Å². The van der Waals surface area contributed by atoms with E-state index in [4.69, 9.17) is 0 Å². The normalized spacial score (nSPS) is 11.2. The van der Waals surface area contributed by atoms with Crippen molar-refractivity contribution in [2.45, 2.75) is 6.54 Å². The topological polar surface area (TPSA) is 54.3 Å². The highest BCUT2D eigenvalue weighted by Crippen LogP contribution is 2.26. The van der Waals surface area contributed by atoms with Gasteiger partial charge in [-0.05, 0) is 67.5 Å². The quantitative estimate of drug-likeness (QED) is 0.384. The Hall–Kier alpha value is -3.43. The zero-order valence-electron chi connectivity index (χ0n) is 18.3. The Kier molecular flexibility index (Phi) is 6.90. The Balaban J connectivity index is 1.69. The molecule has 0 unspecified atom stereocenters. The highest BCUT2D eigenvalue weighted by molar-refractivity contribution is 7.13. The molecule has 9 heteroatoms. The van der Waals surface area contributed by atoms with Crippen LogP contribution in [0.15, 0.2) is 66.0 Å². The van der Waals surface area contributed by atoms with Crippen LogP contribution in [0.3, 0.4) is 0 Å². The zero-order chi connectivity index (χ0) is 23.4. The standard InChI is InChI=1S/C24H23F2N5OS/c1-29(2)13-14-30(16-17-5-7-18(25)8-6-17)24(32)22-27-23(21-4-3-15-33-21)31(28-22)20-11-9-19(26)10-12-20/h3-12,15H,13-14,16H2,1-2H3. The summed E-state index contributed by atoms with van der Waals surface area (Å²) in [6, 6.07) is 15.7. The highest BCUT2D eigenvalue weighted by Gasteiger charge is 2.24. The molecule has 2 heterocycles. The Labute approximate surface area is 194 Å². The Morgan fingerprint density at radius 3 is 2.24 bits per heavy atom. The van der Waals surface area contributed by atoms with E-state index in [2.05, 4.69) is 10.1 Å². The lowest BCUT2D eigenvalue weighted by atomic mass is 10.2. The van der Waals surface area contributed by atoms with Gasteiger partial charge in [-0.1, -0.05) is 18.2 Å². The summed E-state index contributed by atoms with van der Waals surface area (Å²) in [5, 5.41) is 6.41. The second-order valence-electron chi connectivity index (χ2n) is 7.78. The summed E-state index contributed by atoms with van der Waals surface area (Å²) >= 11 is 1.48. The van der Waals surface area contributed by atoms with Crippen LogP contribution in [-0.2, 0) is 6.54 Å². The number of hydrogen-bond acceptors (Lipinski definition) is 5. The minimum Gasteiger partial charge on any atom is -0.330 e. The van der Waals surface area contributed by atoms with Gasteiger partial charge in [-0.3, -0.25) is 4.79 Å². The van der Waals surface area contributed by atoms with Gasteiger partial charge in [0.1, 0.15) is 11.6 Å². The van der Waals surface area contributed by atoms with Crippen molar-refractivity contribution in [2.24, 2.45) is 0 Å². The zero-order valence-corrected chi connectivity index (χ0v) is 19.1. The Bertz CT molecular complexity index is 1200. The molecule has 0 atom stereocenters. The second kappa shape index (κ2) is 10.0. The lowest BCUT2D eigenvalue weighted by Crippen LogP contribution is -2.36. The van der Waals surface area contributed by atoms with E-state index >= 15 is 0 Å². The molecule has 2 aromatic carbocycles. The molecular formula is C24H23F2N5OS. The molecule has 4 rings (SSSR count). The summed E-state index contributed by atoms with van der Waals surface area (Å²) in [6.07, 6.45) is 0. The fourth-order valence-corrected chi connectivity index (χ4v) is 3.95. The molecular weight excluding hydrogens is 444 g/mol. The van der Waals surface area contributed by atoms with Crippen molar-refractivity contribution in [3.05, 3.63) is 89.1 Å². The lowest BCUT2D eigenvalue weighted by Gasteiger charge is -2.23. The molecule has 0 aliphatic carbocycles. The molecule has 6 nitrogen and oxygen atoms in total. The Morgan fingerprint density at radius 2 is 1.64 bits per heavy atom. The van der Waals surface area contributed by atoms with Crippen LogP contribution in [0.5, 0.6) is 0 Å². The van der Waals surface area contributed by atoms with Crippen molar-refractivity contribution in [1.29, 1.82) is 0 Å². The predicted octanol–water partition coefficient (Wildman–Crippen LogP) is 4.48. The minimum absolute atomic E-state index is 0.0450. The third kappa shape index (κ3) is 5.50. The van der Waals surface area contributed by atoms with E-state index in [-0.39, 0.29) is 23.4 Å². The number of halogens is 2. The third-order valence-corrected chi connectivity index (χ3v) is 5.87. The van der Waals surface area contributed by atoms with Gasteiger partial charge in [-0.15, -0.1) is 16.4 Å². The fourth-order valence-electron chi connectivity index (χ4n) is 3.26. The van der Waals surface area contributed by atoms with Gasteiger partial charge in [0.25, 0.3) is 5.91 Å². The molecule has 0 spiro atoms. The molecule has 2 aromatic heterocycles. The summed E-state index contributed by atoms with van der Waals surface area (Å²) in [5.74, 6) is -0.468. The first-order valence-corrected chi connectivity index (χ1v) is 11.2. The SMILES string of the molecule is CN(C)CCN(Cc1ccc(F)cc1)C(=O)c1nc(-c2cccs2)n(-c2ccc(F)cc2)n1. The number of benzene rings is 2. The second-order valence-corrected chi connectivity index (χ2v) is 8.73. The average Bonchev–Trinajstić information content (AvgIpc) is 3.48. The van der Waals surface area contributed by atoms with Crippen LogP contribution < -0.4 is 0 Å². The summed E-state index contributed by atoms with van der Waals surface area (Å²) in [6.45, 7) is 1.39. The maximum absolute atomic E-state index is 13.5. The molecule has 1 amide bonds. The molecule has 0 bridgehead atoms. The van der Waals surface area contributed by atoms with Crippen molar-refractivity contribution < 1.29 is 13.6 Å². The van der Waals surface area contributed by atoms with Crippen molar-refractivity contribution in [1.82, 2.24) is 24.6 Å². The van der Waals surface area contributed by atoms with Crippen LogP contribution in [0.25, 0.3) is 16.4 Å². The fraction of sp³-hybridized carbons (Fsp3) is 0.208. The van der Waals surface area contributed by atoms with Crippen LogP contribution in [0.4, 0.5) is 8.78 Å². The number of nitrogens with zero attached hydrogens (tertiary/aromatic N) is 5. The lowest BCUT2D eigenvalue weighted by molar-refractivity contribution is 0.0719. The number of carbonyl (C=O) groups excluding carboxylic acids is 1. The van der Waals surface area contributed by atoms with Gasteiger partial charge in [-0.25, -0.2) is 18.4 Å². The van der Waals surface area contributed by atoms with Gasteiger partial charge in [0.15, 0.2) is 5.82 Å². The van der Waals surface area contributed by atoms with E-state index in [1.165, 1.54) is 35.6 Å². The van der Waals surface area contributed by atoms with Gasteiger partial charge >= 0.3 is 0 Å². The molecule has 0 aliphatic heterocycles. The average molecular weight is 468 g/mol. The number of likely N-dealkylation sites (N-methyl/N-ethyl adjacent to an activating group) is 1. The highest BCUT2D eigenvalue weighted by atomic mass is 32.1. The molecule has 0 aliphatic rings. The number of hydrogen-bond donors (Lipinski definition) is 0. The van der Waals surface area contributed by atoms with Crippen molar-refractivity contribution >= 4 is 17.2 Å². The van der Waals surface area contributed by atoms with Gasteiger partial charge < -0.3 is 9.80 Å². The first kappa shape index (κ1) is 22.8. The summed E-state index contributed by atoms with van der Waals surface area (Å²) in [7, 11) is 3.86. The molecule has 0 N–H and O–H groups in total. The van der Waals surface area contributed by atoms with E-state index in [9.17, 15) is 13.6 Å². The Morgan fingerprint density at radius 1 is 0.970 bits per heavy atom. The number of aromatic nitrogens is 3. The van der Waals surface area contributed by atoms with Crippen LogP contribution >= 0.6 is 11.3 Å². The predicted molar refractivity (Wildman–Crippen MR) is 124 cm³/mol. The molecule has 170 valence electrons. The van der Waals surface area contributed by atoms with E-state index in [0.717, 1.165) is 10.4 Å². The number of carbonyl (C=O) groups is 1. The summed E-state index contributed by atoms with van der Waals surface area (Å²) in [4.78, 5) is 22.5. The number of thiophene rings is 1. The van der Waals surface area contributed by atoms with Gasteiger partial charge in [0, 0.05) is 19.6 Å². The molecule has 0 saturated heterocycles. The van der Waals surface area contributed by atoms with Crippen molar-refractivity contribution in [3.63, 3.8) is 0 Å². The molecule has 0 fully saturated rings. The molecule has 0 radical (unpaired) electrons. The van der Waals surface area contributed by atoms with Crippen LogP contribution in [0.1, 0.15) is 16.2 Å². The van der Waals surface area contributed by atoms with Gasteiger partial charge in [0.2, 0.25) is 5.82 Å². The van der Waals surface area contributed by atoms with Gasteiger partial charge in [0.05, 0.1) is 10.6 Å². The van der Waals surface area contributed by atoms with Crippen molar-refractivity contribution in [3.8, 4) is 16.4 Å². The smallest absolute Gasteiger partial charge is 0.293 e. The monoisotopic (exact) mass is 467 g/mol. The molecule has 33 heavy (non-hydrogen) atoms. The molecule has 4 aromatic rings. The first-order valence-electron chi connectivity index (χ1n) is 10.4. The van der Waals surface area contributed by atoms with E-state index in [0.29, 0.717) is 31.1 Å². The van der Waals surface area contributed by atoms with Crippen LogP contribution in [-0.4, -0.2) is 57.7 Å². The van der Waals surface area contributed by atoms with Crippen LogP contribution in [0, 0.1) is 11.6 Å². The van der Waals surface area contributed by atoms with E-state index in [1.807, 2.05) is 36.5 Å². The maximum atomic E-state index is 13.5. The molecule has 0 saturated carbocycles. The van der Waals surface area contributed by atoms with Gasteiger partial charge in [-0.2, -0.15) is 0 Å². The van der Waals surface area contributed by atoms with Crippen LogP contribution in [0.2, 0.25) is 0 Å². The van der Waals surface area contributed by atoms with E-state index < -0.39 is 0 Å². The minimum atomic E-state index is -0.359. The largest absolute Gasteiger partial charge is 0.330 e.